The molecular weight excluding hydrogens is 807 g/mol. The predicted octanol–water partition coefficient (Wildman–Crippen LogP) is 0.274. The third-order valence-corrected chi connectivity index (χ3v) is 13.3. The van der Waals surface area contributed by atoms with Crippen molar-refractivity contribution >= 4 is 42.3 Å². The van der Waals surface area contributed by atoms with E-state index in [0.29, 0.717) is 25.3 Å². The van der Waals surface area contributed by atoms with Crippen LogP contribution in [-0.4, -0.2) is 103 Å². The van der Waals surface area contributed by atoms with Gasteiger partial charge in [-0.05, 0) is 124 Å². The molecule has 0 aromatic heterocycles. The summed E-state index contributed by atoms with van der Waals surface area (Å²) in [7, 11) is -0.903. The zero-order valence-corrected chi connectivity index (χ0v) is 37.3. The molecule has 346 valence electrons. The highest BCUT2D eigenvalue weighted by molar-refractivity contribution is 6.47. The van der Waals surface area contributed by atoms with Gasteiger partial charge in [0.1, 0.15) is 24.2 Å². The first-order chi connectivity index (χ1) is 29.8. The number of nitrogen functional groups attached to an aromatic ring is 1. The molecule has 4 fully saturated rings. The number of amides is 5. The first-order valence-electron chi connectivity index (χ1n) is 22.3. The number of hydrogen-bond donors (Lipinski definition) is 11. The zero-order chi connectivity index (χ0) is 46.2. The summed E-state index contributed by atoms with van der Waals surface area (Å²) < 4.78 is 12.6. The summed E-state index contributed by atoms with van der Waals surface area (Å²) in [6, 6.07) is 8.13. The van der Waals surface area contributed by atoms with Crippen LogP contribution in [0.3, 0.4) is 0 Å². The SMILES string of the molecule is CCCCc1ccc(-c2ccc(C(=O)N[C@@H](CCN)C(=O)N[C@H](C(=O)N[C@@H](N)C(=O)N[C@@H](CCCCN)C(=O)N[C@@H](N)B3OC4C[C@@H]5C[C@@H](C5(C)C)[C@]4(C)O3)[C@@H](C)O)c(N)c2)cc1. The summed E-state index contributed by atoms with van der Waals surface area (Å²) in [6.45, 7) is 10.3. The normalized spacial score (nSPS) is 23.7. The Kier molecular flexibility index (Phi) is 16.8. The number of carbonyl (C=O) groups is 5. The van der Waals surface area contributed by atoms with Crippen LogP contribution in [0.4, 0.5) is 5.69 Å². The lowest BCUT2D eigenvalue weighted by Gasteiger charge is -2.64. The Labute approximate surface area is 370 Å². The molecule has 4 aliphatic rings. The van der Waals surface area contributed by atoms with Gasteiger partial charge in [0.25, 0.3) is 11.8 Å². The first-order valence-corrected chi connectivity index (χ1v) is 22.3. The highest BCUT2D eigenvalue weighted by Crippen LogP contribution is 2.65. The van der Waals surface area contributed by atoms with Gasteiger partial charge in [0.2, 0.25) is 17.7 Å². The molecule has 3 aliphatic carbocycles. The van der Waals surface area contributed by atoms with E-state index >= 15 is 0 Å². The fourth-order valence-electron chi connectivity index (χ4n) is 9.24. The quantitative estimate of drug-likeness (QED) is 0.0328. The number of carbonyl (C=O) groups excluding carboxylic acids is 5. The van der Waals surface area contributed by atoms with E-state index in [-0.39, 0.29) is 48.1 Å². The molecule has 3 saturated carbocycles. The summed E-state index contributed by atoms with van der Waals surface area (Å²) in [4.78, 5) is 67.3. The first kappa shape index (κ1) is 49.4. The highest BCUT2D eigenvalue weighted by atomic mass is 16.7. The highest BCUT2D eigenvalue weighted by Gasteiger charge is 2.68. The van der Waals surface area contributed by atoms with Crippen LogP contribution >= 0.6 is 0 Å². The average Bonchev–Trinajstić information content (AvgIpc) is 3.61. The molecular formula is C44H69BN10O8. The van der Waals surface area contributed by atoms with Crippen LogP contribution < -0.4 is 55.3 Å². The van der Waals surface area contributed by atoms with E-state index < -0.39 is 78.7 Å². The minimum atomic E-state index is -1.71. The second-order valence-electron chi connectivity index (χ2n) is 18.1. The van der Waals surface area contributed by atoms with Gasteiger partial charge in [-0.1, -0.05) is 57.5 Å². The summed E-state index contributed by atoms with van der Waals surface area (Å²) in [5.74, 6) is -3.21. The Bertz CT molecular complexity index is 1940. The van der Waals surface area contributed by atoms with Gasteiger partial charge in [-0.25, -0.2) is 0 Å². The molecule has 1 heterocycles. The van der Waals surface area contributed by atoms with Crippen LogP contribution in [0.5, 0.6) is 0 Å². The van der Waals surface area contributed by atoms with Crippen LogP contribution in [0.1, 0.15) is 102 Å². The number of nitrogens with one attached hydrogen (secondary N) is 5. The molecule has 6 rings (SSSR count). The molecule has 2 bridgehead atoms. The fourth-order valence-corrected chi connectivity index (χ4v) is 9.24. The van der Waals surface area contributed by atoms with E-state index in [2.05, 4.69) is 59.5 Å². The van der Waals surface area contributed by atoms with Crippen LogP contribution in [0.15, 0.2) is 42.5 Å². The van der Waals surface area contributed by atoms with E-state index in [9.17, 15) is 29.1 Å². The summed E-state index contributed by atoms with van der Waals surface area (Å²) >= 11 is 0. The van der Waals surface area contributed by atoms with Gasteiger partial charge in [-0.2, -0.15) is 0 Å². The lowest BCUT2D eigenvalue weighted by Crippen LogP contribution is -2.65. The van der Waals surface area contributed by atoms with Crippen molar-refractivity contribution < 1.29 is 38.4 Å². The molecule has 1 unspecified atom stereocenters. The third kappa shape index (κ3) is 11.6. The summed E-state index contributed by atoms with van der Waals surface area (Å²) in [5.41, 5.74) is 33.2. The molecule has 10 atom stereocenters. The van der Waals surface area contributed by atoms with E-state index in [1.807, 2.05) is 19.1 Å². The van der Waals surface area contributed by atoms with Gasteiger partial charge >= 0.3 is 7.12 Å². The van der Waals surface area contributed by atoms with Crippen LogP contribution in [0, 0.1) is 17.3 Å². The van der Waals surface area contributed by atoms with Gasteiger partial charge in [0, 0.05) is 5.69 Å². The minimum Gasteiger partial charge on any atom is -0.403 e. The second-order valence-corrected chi connectivity index (χ2v) is 18.1. The third-order valence-electron chi connectivity index (χ3n) is 13.3. The zero-order valence-electron chi connectivity index (χ0n) is 37.3. The summed E-state index contributed by atoms with van der Waals surface area (Å²) in [5, 5.41) is 23.2. The Morgan fingerprint density at radius 1 is 0.810 bits per heavy atom. The van der Waals surface area contributed by atoms with Crippen molar-refractivity contribution in [2.45, 2.75) is 141 Å². The number of unbranched alkanes of at least 4 members (excludes halogenated alkanes) is 2. The minimum absolute atomic E-state index is 0.0115. The topological polar surface area (TPSA) is 314 Å². The van der Waals surface area contributed by atoms with Crippen molar-refractivity contribution in [2.24, 2.45) is 40.2 Å². The van der Waals surface area contributed by atoms with Crippen molar-refractivity contribution in [2.75, 3.05) is 18.8 Å². The molecule has 16 N–H and O–H groups in total. The Morgan fingerprint density at radius 3 is 2.10 bits per heavy atom. The number of benzene rings is 2. The van der Waals surface area contributed by atoms with Crippen molar-refractivity contribution in [3.8, 4) is 11.1 Å². The largest absolute Gasteiger partial charge is 0.497 e. The molecule has 2 aromatic rings. The number of nitrogens with two attached hydrogens (primary N) is 5. The maximum Gasteiger partial charge on any atom is 0.497 e. The molecule has 18 nitrogen and oxygen atoms in total. The maximum atomic E-state index is 13.6. The van der Waals surface area contributed by atoms with E-state index in [1.165, 1.54) is 12.5 Å². The fraction of sp³-hybridized carbons (Fsp3) is 0.614. The molecule has 63 heavy (non-hydrogen) atoms. The standard InChI is InChI=1S/C44H69BN10O8/c1-6-7-10-25-12-14-26(15-13-25)27-16-17-29(30(48)21-27)37(57)51-32(18-20-47)38(58)53-35(24(2)56)40(60)54-36(49)41(61)52-31(11-8-9-19-46)39(59)55-42(50)45-62-34-23-28-22-33(43(28,3)4)44(34,5)63-45/h12-17,21,24,28,31-36,42,56H,6-11,18-20,22-23,46-50H2,1-5H3,(H,51,57)(H,52,61)(H,53,58)(H,54,60)(H,55,59)/t24-,28+,31+,32+,33+,34?,35+,36-,42-,44+/m1/s1. The Morgan fingerprint density at radius 2 is 1.48 bits per heavy atom. The van der Waals surface area contributed by atoms with E-state index in [0.717, 1.165) is 43.2 Å². The lowest BCUT2D eigenvalue weighted by atomic mass is 9.43. The molecule has 1 saturated heterocycles. The van der Waals surface area contributed by atoms with E-state index in [4.69, 9.17) is 38.0 Å². The number of aliphatic hydroxyl groups excluding tert-OH is 1. The van der Waals surface area contributed by atoms with Crippen LogP contribution in [0.25, 0.3) is 11.1 Å². The number of hydrogen-bond acceptors (Lipinski definition) is 13. The average molecular weight is 877 g/mol. The molecule has 0 radical (unpaired) electrons. The Hall–Kier alpha value is -4.63. The molecule has 2 aromatic carbocycles. The van der Waals surface area contributed by atoms with Gasteiger partial charge in [-0.3, -0.25) is 24.0 Å². The van der Waals surface area contributed by atoms with Crippen molar-refractivity contribution in [1.82, 2.24) is 26.6 Å². The molecule has 19 heteroatoms. The van der Waals surface area contributed by atoms with Gasteiger partial charge < -0.3 is 69.7 Å². The van der Waals surface area contributed by atoms with Gasteiger partial charge in [0.05, 0.1) is 23.4 Å². The number of aryl methyl sites for hydroxylation is 1. The van der Waals surface area contributed by atoms with Crippen molar-refractivity contribution in [3.63, 3.8) is 0 Å². The molecule has 1 aliphatic heterocycles. The number of rotatable bonds is 22. The monoisotopic (exact) mass is 877 g/mol. The van der Waals surface area contributed by atoms with Gasteiger partial charge in [-0.15, -0.1) is 0 Å². The van der Waals surface area contributed by atoms with Crippen molar-refractivity contribution in [1.29, 1.82) is 0 Å². The van der Waals surface area contributed by atoms with Crippen LogP contribution in [-0.2, 0) is 34.9 Å². The number of anilines is 1. The maximum absolute atomic E-state index is 13.6. The van der Waals surface area contributed by atoms with Crippen molar-refractivity contribution in [3.05, 3.63) is 53.6 Å². The molecule has 0 spiro atoms. The molecule has 5 amide bonds. The van der Waals surface area contributed by atoms with Gasteiger partial charge in [0.15, 0.2) is 6.17 Å². The number of aliphatic hydroxyl groups is 1. The Balaban J connectivity index is 1.16. The predicted molar refractivity (Wildman–Crippen MR) is 241 cm³/mol. The lowest BCUT2D eigenvalue weighted by molar-refractivity contribution is -0.199. The van der Waals surface area contributed by atoms with Crippen LogP contribution in [0.2, 0.25) is 0 Å². The second kappa shape index (κ2) is 21.4. The smallest absolute Gasteiger partial charge is 0.403 e. The summed E-state index contributed by atoms with van der Waals surface area (Å²) in [6.07, 6.45) is 2.93. The van der Waals surface area contributed by atoms with E-state index in [1.54, 1.807) is 18.2 Å².